The third-order valence-corrected chi connectivity index (χ3v) is 4.48. The highest BCUT2D eigenvalue weighted by molar-refractivity contribution is 6.35. The molecule has 0 saturated heterocycles. The van der Waals surface area contributed by atoms with Crippen molar-refractivity contribution < 1.29 is 14.0 Å². The van der Waals surface area contributed by atoms with Gasteiger partial charge in [0.2, 0.25) is 0 Å². The van der Waals surface area contributed by atoms with Crippen LogP contribution in [0.5, 0.6) is 0 Å². The van der Waals surface area contributed by atoms with Gasteiger partial charge in [0.1, 0.15) is 0 Å². The van der Waals surface area contributed by atoms with E-state index in [0.717, 1.165) is 5.56 Å². The molecule has 28 heavy (non-hydrogen) atoms. The van der Waals surface area contributed by atoms with Gasteiger partial charge >= 0.3 is 6.03 Å². The molecule has 1 heterocycles. The maximum atomic E-state index is 12.2. The van der Waals surface area contributed by atoms with Crippen LogP contribution in [0.4, 0.5) is 16.2 Å². The second-order valence-corrected chi connectivity index (χ2v) is 6.84. The van der Waals surface area contributed by atoms with Gasteiger partial charge in [-0.15, -0.1) is 0 Å². The minimum atomic E-state index is -0.383. The summed E-state index contributed by atoms with van der Waals surface area (Å²) in [7, 11) is 0. The summed E-state index contributed by atoms with van der Waals surface area (Å²) in [5.74, 6) is -0.131. The molecule has 0 spiro atoms. The number of anilines is 2. The van der Waals surface area contributed by atoms with E-state index in [4.69, 9.17) is 27.6 Å². The summed E-state index contributed by atoms with van der Waals surface area (Å²) in [5, 5.41) is 9.26. The Labute approximate surface area is 171 Å². The number of nitrogens with one attached hydrogen (secondary N) is 3. The number of hydrogen-bond acceptors (Lipinski definition) is 3. The summed E-state index contributed by atoms with van der Waals surface area (Å²) in [4.78, 5) is 24.2. The first-order valence-corrected chi connectivity index (χ1v) is 9.15. The number of rotatable bonds is 5. The van der Waals surface area contributed by atoms with Crippen molar-refractivity contribution in [3.05, 3.63) is 82.2 Å². The molecule has 0 aliphatic rings. The van der Waals surface area contributed by atoms with Crippen LogP contribution in [0, 0.1) is 0 Å². The summed E-state index contributed by atoms with van der Waals surface area (Å²) < 4.78 is 5.04. The first-order valence-electron chi connectivity index (χ1n) is 8.40. The van der Waals surface area contributed by atoms with Crippen molar-refractivity contribution in [2.24, 2.45) is 0 Å². The Balaban J connectivity index is 1.56. The molecule has 0 aliphatic heterocycles. The van der Waals surface area contributed by atoms with Gasteiger partial charge in [-0.25, -0.2) is 4.79 Å². The predicted octanol–water partition coefficient (Wildman–Crippen LogP) is 5.72. The lowest BCUT2D eigenvalue weighted by Gasteiger charge is -2.16. The van der Waals surface area contributed by atoms with Gasteiger partial charge in [-0.1, -0.05) is 29.3 Å². The number of carbonyl (C=O) groups excluding carboxylic acids is 2. The number of hydrogen-bond donors (Lipinski definition) is 3. The van der Waals surface area contributed by atoms with Crippen molar-refractivity contribution in [2.45, 2.75) is 13.0 Å². The van der Waals surface area contributed by atoms with Gasteiger partial charge in [-0.2, -0.15) is 0 Å². The van der Waals surface area contributed by atoms with Crippen molar-refractivity contribution >= 4 is 46.5 Å². The van der Waals surface area contributed by atoms with Crippen LogP contribution in [-0.4, -0.2) is 11.9 Å². The van der Waals surface area contributed by atoms with Gasteiger partial charge in [0.05, 0.1) is 12.3 Å². The second kappa shape index (κ2) is 8.82. The van der Waals surface area contributed by atoms with Crippen molar-refractivity contribution in [3.8, 4) is 0 Å². The van der Waals surface area contributed by atoms with Gasteiger partial charge in [0, 0.05) is 21.4 Å². The molecule has 1 aromatic heterocycles. The minimum Gasteiger partial charge on any atom is -0.459 e. The molecule has 0 radical (unpaired) electrons. The molecule has 3 amide bonds. The van der Waals surface area contributed by atoms with E-state index < -0.39 is 0 Å². The average Bonchev–Trinajstić information content (AvgIpc) is 3.18. The molecule has 0 bridgehead atoms. The van der Waals surface area contributed by atoms with Crippen molar-refractivity contribution in [3.63, 3.8) is 0 Å². The molecule has 3 aromatic rings. The number of amides is 3. The summed E-state index contributed by atoms with van der Waals surface area (Å²) in [6.07, 6.45) is 1.43. The van der Waals surface area contributed by atoms with E-state index in [2.05, 4.69) is 16.0 Å². The molecule has 8 heteroatoms. The first-order chi connectivity index (χ1) is 13.4. The van der Waals surface area contributed by atoms with Gasteiger partial charge in [0.15, 0.2) is 5.76 Å². The first kappa shape index (κ1) is 19.8. The van der Waals surface area contributed by atoms with Gasteiger partial charge in [-0.05, 0) is 61.0 Å². The third-order valence-electron chi connectivity index (χ3n) is 3.92. The fourth-order valence-corrected chi connectivity index (χ4v) is 3.10. The molecule has 144 valence electrons. The smallest absolute Gasteiger partial charge is 0.319 e. The number of urea groups is 1. The van der Waals surface area contributed by atoms with Gasteiger partial charge in [-0.3, -0.25) is 4.79 Å². The SMILES string of the molecule is C[C@H](NC(=O)Nc1ccc(NC(=O)c2ccco2)cc1)c1ccc(Cl)cc1Cl. The van der Waals surface area contributed by atoms with E-state index in [9.17, 15) is 9.59 Å². The van der Waals surface area contributed by atoms with E-state index in [1.165, 1.54) is 6.26 Å². The Hall–Kier alpha value is -2.96. The Morgan fingerprint density at radius 1 is 0.964 bits per heavy atom. The minimum absolute atomic E-state index is 0.219. The maximum absolute atomic E-state index is 12.2. The van der Waals surface area contributed by atoms with Gasteiger partial charge < -0.3 is 20.4 Å². The van der Waals surface area contributed by atoms with E-state index in [1.54, 1.807) is 54.6 Å². The van der Waals surface area contributed by atoms with Crippen LogP contribution < -0.4 is 16.0 Å². The summed E-state index contributed by atoms with van der Waals surface area (Å²) >= 11 is 12.1. The Morgan fingerprint density at radius 3 is 2.25 bits per heavy atom. The number of halogens is 2. The Bertz CT molecular complexity index is 973. The monoisotopic (exact) mass is 417 g/mol. The lowest BCUT2D eigenvalue weighted by Crippen LogP contribution is -2.31. The molecule has 2 aromatic carbocycles. The molecule has 6 nitrogen and oxygen atoms in total. The molecule has 0 aliphatic carbocycles. The van der Waals surface area contributed by atoms with E-state index in [0.29, 0.717) is 21.4 Å². The van der Waals surface area contributed by atoms with Crippen LogP contribution in [0.2, 0.25) is 10.0 Å². The molecule has 3 rings (SSSR count). The number of carbonyl (C=O) groups is 2. The zero-order chi connectivity index (χ0) is 20.1. The Morgan fingerprint density at radius 2 is 1.64 bits per heavy atom. The van der Waals surface area contributed by atoms with E-state index in [-0.39, 0.29) is 23.7 Å². The highest BCUT2D eigenvalue weighted by atomic mass is 35.5. The molecule has 1 atom stereocenters. The zero-order valence-electron chi connectivity index (χ0n) is 14.8. The maximum Gasteiger partial charge on any atom is 0.319 e. The highest BCUT2D eigenvalue weighted by Gasteiger charge is 2.13. The van der Waals surface area contributed by atoms with Crippen molar-refractivity contribution in [1.29, 1.82) is 0 Å². The van der Waals surface area contributed by atoms with Crippen LogP contribution in [0.1, 0.15) is 29.1 Å². The molecule has 0 saturated carbocycles. The van der Waals surface area contributed by atoms with Crippen LogP contribution >= 0.6 is 23.2 Å². The lowest BCUT2D eigenvalue weighted by molar-refractivity contribution is 0.0996. The average molecular weight is 418 g/mol. The number of furan rings is 1. The van der Waals surface area contributed by atoms with Crippen LogP contribution in [0.3, 0.4) is 0 Å². The van der Waals surface area contributed by atoms with Crippen LogP contribution in [-0.2, 0) is 0 Å². The zero-order valence-corrected chi connectivity index (χ0v) is 16.3. The summed E-state index contributed by atoms with van der Waals surface area (Å²) in [5.41, 5.74) is 1.91. The van der Waals surface area contributed by atoms with E-state index >= 15 is 0 Å². The molecule has 0 unspecified atom stereocenters. The predicted molar refractivity (Wildman–Crippen MR) is 110 cm³/mol. The quantitative estimate of drug-likeness (QED) is 0.496. The molecule has 3 N–H and O–H groups in total. The fourth-order valence-electron chi connectivity index (χ4n) is 2.53. The van der Waals surface area contributed by atoms with Crippen molar-refractivity contribution in [2.75, 3.05) is 10.6 Å². The molecular weight excluding hydrogens is 401 g/mol. The summed E-state index contributed by atoms with van der Waals surface area (Å²) in [6, 6.07) is 14.3. The van der Waals surface area contributed by atoms with Gasteiger partial charge in [0.25, 0.3) is 5.91 Å². The largest absolute Gasteiger partial charge is 0.459 e. The van der Waals surface area contributed by atoms with E-state index in [1.807, 2.05) is 6.92 Å². The highest BCUT2D eigenvalue weighted by Crippen LogP contribution is 2.26. The topological polar surface area (TPSA) is 83.4 Å². The van der Waals surface area contributed by atoms with Crippen LogP contribution in [0.25, 0.3) is 0 Å². The van der Waals surface area contributed by atoms with Crippen molar-refractivity contribution in [1.82, 2.24) is 5.32 Å². The molecule has 0 fully saturated rings. The van der Waals surface area contributed by atoms with Crippen LogP contribution in [0.15, 0.2) is 65.3 Å². The lowest BCUT2D eigenvalue weighted by atomic mass is 10.1. The Kier molecular flexibility index (Phi) is 6.23. The fraction of sp³-hybridized carbons (Fsp3) is 0.100. The summed E-state index contributed by atoms with van der Waals surface area (Å²) in [6.45, 7) is 1.82. The second-order valence-electron chi connectivity index (χ2n) is 5.99. The third kappa shape index (κ3) is 5.06. The normalized spacial score (nSPS) is 11.5. The standard InChI is InChI=1S/C20H17Cl2N3O3/c1-12(16-9-4-13(21)11-17(16)22)23-20(27)25-15-7-5-14(6-8-15)24-19(26)18-3-2-10-28-18/h2-12H,1H3,(H,24,26)(H2,23,25,27)/t12-/m0/s1. The number of benzene rings is 2. The molecular formula is C20H17Cl2N3O3.